The Labute approximate surface area is 99.6 Å². The van der Waals surface area contributed by atoms with Crippen molar-refractivity contribution in [1.82, 2.24) is 0 Å². The molecule has 0 aromatic heterocycles. The van der Waals surface area contributed by atoms with Gasteiger partial charge in [-0.3, -0.25) is 0 Å². The smallest absolute Gasteiger partial charge is 0.326 e. The molecular weight excluding hydrogens is 284 g/mol. The lowest BCUT2D eigenvalue weighted by atomic mass is 10.2. The number of aliphatic carboxylic acids is 1. The maximum Gasteiger partial charge on any atom is 0.326 e. The van der Waals surface area contributed by atoms with Crippen molar-refractivity contribution in [3.05, 3.63) is 28.2 Å². The third kappa shape index (κ3) is 2.91. The summed E-state index contributed by atoms with van der Waals surface area (Å²) in [6.45, 7) is 1.65. The van der Waals surface area contributed by atoms with Gasteiger partial charge in [-0.15, -0.1) is 0 Å². The second-order valence-electron chi connectivity index (χ2n) is 3.19. The molecule has 0 aliphatic carbocycles. The van der Waals surface area contributed by atoms with Crippen molar-refractivity contribution >= 4 is 27.6 Å². The van der Waals surface area contributed by atoms with E-state index in [4.69, 9.17) is 5.11 Å². The largest absolute Gasteiger partial charge is 0.480 e. The number of hydrogen-bond acceptors (Lipinski definition) is 2. The van der Waals surface area contributed by atoms with Crippen LogP contribution in [0.2, 0.25) is 0 Å². The van der Waals surface area contributed by atoms with E-state index in [9.17, 15) is 13.6 Å². The quantitative estimate of drug-likeness (QED) is 0.897. The van der Waals surface area contributed by atoms with Gasteiger partial charge in [0.1, 0.15) is 17.7 Å². The van der Waals surface area contributed by atoms with Gasteiger partial charge in [-0.1, -0.05) is 6.92 Å². The van der Waals surface area contributed by atoms with Gasteiger partial charge in [-0.05, 0) is 28.4 Å². The molecule has 2 N–H and O–H groups in total. The summed E-state index contributed by atoms with van der Waals surface area (Å²) in [4.78, 5) is 10.8. The fourth-order valence-electron chi connectivity index (χ4n) is 1.19. The van der Waals surface area contributed by atoms with Crippen LogP contribution in [-0.4, -0.2) is 17.1 Å². The minimum atomic E-state index is -1.09. The third-order valence-corrected chi connectivity index (χ3v) is 2.66. The van der Waals surface area contributed by atoms with E-state index in [0.29, 0.717) is 12.5 Å². The van der Waals surface area contributed by atoms with Crippen LogP contribution in [0.15, 0.2) is 16.6 Å². The van der Waals surface area contributed by atoms with Crippen molar-refractivity contribution < 1.29 is 18.7 Å². The van der Waals surface area contributed by atoms with Crippen LogP contribution in [0.5, 0.6) is 0 Å². The minimum Gasteiger partial charge on any atom is -0.480 e. The van der Waals surface area contributed by atoms with E-state index in [1.165, 1.54) is 0 Å². The molecule has 0 aliphatic rings. The average Bonchev–Trinajstić information content (AvgIpc) is 2.15. The summed E-state index contributed by atoms with van der Waals surface area (Å²) >= 11 is 2.97. The molecule has 88 valence electrons. The summed E-state index contributed by atoms with van der Waals surface area (Å²) in [7, 11) is 0. The summed E-state index contributed by atoms with van der Waals surface area (Å²) in [6, 6.07) is 0.859. The summed E-state index contributed by atoms with van der Waals surface area (Å²) in [5.41, 5.74) is -0.0457. The first-order valence-electron chi connectivity index (χ1n) is 4.59. The highest BCUT2D eigenvalue weighted by Crippen LogP contribution is 2.27. The predicted molar refractivity (Wildman–Crippen MR) is 59.4 cm³/mol. The van der Waals surface area contributed by atoms with Crippen LogP contribution in [0.3, 0.4) is 0 Å². The molecule has 0 spiro atoms. The molecule has 0 saturated carbocycles. The molecule has 1 aromatic carbocycles. The van der Waals surface area contributed by atoms with E-state index in [1.807, 2.05) is 0 Å². The maximum atomic E-state index is 13.3. The van der Waals surface area contributed by atoms with Crippen molar-refractivity contribution in [2.75, 3.05) is 5.32 Å². The highest BCUT2D eigenvalue weighted by molar-refractivity contribution is 9.10. The monoisotopic (exact) mass is 293 g/mol. The van der Waals surface area contributed by atoms with Crippen molar-refractivity contribution in [2.45, 2.75) is 19.4 Å². The second kappa shape index (κ2) is 5.25. The molecule has 3 nitrogen and oxygen atoms in total. The number of anilines is 1. The predicted octanol–water partition coefficient (Wildman–Crippen LogP) is 3.00. The molecular formula is C10H10BrF2NO2. The summed E-state index contributed by atoms with van der Waals surface area (Å²) in [5, 5.41) is 11.3. The van der Waals surface area contributed by atoms with Crippen molar-refractivity contribution in [3.8, 4) is 0 Å². The normalized spacial score (nSPS) is 12.2. The minimum absolute atomic E-state index is 0.0457. The van der Waals surface area contributed by atoms with Crippen LogP contribution in [0.1, 0.15) is 13.3 Å². The second-order valence-corrected chi connectivity index (χ2v) is 4.04. The Morgan fingerprint density at radius 1 is 1.56 bits per heavy atom. The molecule has 0 saturated heterocycles. The topological polar surface area (TPSA) is 49.3 Å². The fraction of sp³-hybridized carbons (Fsp3) is 0.300. The lowest BCUT2D eigenvalue weighted by molar-refractivity contribution is -0.137. The molecule has 16 heavy (non-hydrogen) atoms. The van der Waals surface area contributed by atoms with Crippen molar-refractivity contribution in [1.29, 1.82) is 0 Å². The molecule has 1 rings (SSSR count). The summed E-state index contributed by atoms with van der Waals surface area (Å²) < 4.78 is 26.3. The van der Waals surface area contributed by atoms with E-state index in [-0.39, 0.29) is 10.2 Å². The Balaban J connectivity index is 3.01. The number of rotatable bonds is 4. The summed E-state index contributed by atoms with van der Waals surface area (Å²) in [5.74, 6) is -2.64. The summed E-state index contributed by atoms with van der Waals surface area (Å²) in [6.07, 6.45) is 0.290. The Hall–Kier alpha value is -1.17. The Kier molecular flexibility index (Phi) is 4.23. The van der Waals surface area contributed by atoms with Gasteiger partial charge in [-0.25, -0.2) is 13.6 Å². The third-order valence-electron chi connectivity index (χ3n) is 2.03. The van der Waals surface area contributed by atoms with Crippen LogP contribution in [-0.2, 0) is 4.79 Å². The molecule has 0 radical (unpaired) electrons. The van der Waals surface area contributed by atoms with E-state index < -0.39 is 23.6 Å². The van der Waals surface area contributed by atoms with Gasteiger partial charge in [-0.2, -0.15) is 0 Å². The van der Waals surface area contributed by atoms with Gasteiger partial charge in [0.15, 0.2) is 0 Å². The highest BCUT2D eigenvalue weighted by Gasteiger charge is 2.18. The van der Waals surface area contributed by atoms with Crippen molar-refractivity contribution in [2.24, 2.45) is 0 Å². The standard InChI is InChI=1S/C10H10BrF2NO2/c1-2-8(10(15)16)14-9-6(11)3-5(12)4-7(9)13/h3-4,8,14H,2H2,1H3,(H,15,16). The number of hydrogen-bond donors (Lipinski definition) is 2. The van der Waals surface area contributed by atoms with E-state index >= 15 is 0 Å². The van der Waals surface area contributed by atoms with Gasteiger partial charge in [0.25, 0.3) is 0 Å². The first kappa shape index (κ1) is 12.9. The first-order valence-corrected chi connectivity index (χ1v) is 5.39. The molecule has 0 heterocycles. The fourth-order valence-corrected chi connectivity index (χ4v) is 1.72. The molecule has 1 aromatic rings. The Morgan fingerprint density at radius 2 is 2.19 bits per heavy atom. The Bertz CT molecular complexity index is 389. The van der Waals surface area contributed by atoms with Crippen molar-refractivity contribution in [3.63, 3.8) is 0 Å². The van der Waals surface area contributed by atoms with Crippen LogP contribution in [0, 0.1) is 11.6 Å². The number of halogens is 3. The van der Waals surface area contributed by atoms with Gasteiger partial charge >= 0.3 is 5.97 Å². The Morgan fingerprint density at radius 3 is 2.62 bits per heavy atom. The highest BCUT2D eigenvalue weighted by atomic mass is 79.9. The van der Waals surface area contributed by atoms with E-state index in [2.05, 4.69) is 21.2 Å². The zero-order valence-corrected chi connectivity index (χ0v) is 10.0. The molecule has 0 bridgehead atoms. The SMILES string of the molecule is CCC(Nc1c(F)cc(F)cc1Br)C(=O)O. The number of nitrogens with one attached hydrogen (secondary N) is 1. The van der Waals surface area contributed by atoms with Gasteiger partial charge < -0.3 is 10.4 Å². The molecule has 6 heteroatoms. The number of carboxylic acid groups (broad SMARTS) is 1. The molecule has 0 fully saturated rings. The molecule has 0 amide bonds. The lowest BCUT2D eigenvalue weighted by Gasteiger charge is -2.15. The number of carboxylic acids is 1. The molecule has 0 aliphatic heterocycles. The van der Waals surface area contributed by atoms with Gasteiger partial charge in [0, 0.05) is 10.5 Å². The maximum absolute atomic E-state index is 13.3. The van der Waals surface area contributed by atoms with Gasteiger partial charge in [0.05, 0.1) is 5.69 Å². The van der Waals surface area contributed by atoms with Crippen LogP contribution >= 0.6 is 15.9 Å². The van der Waals surface area contributed by atoms with Gasteiger partial charge in [0.2, 0.25) is 0 Å². The zero-order chi connectivity index (χ0) is 12.3. The number of benzene rings is 1. The van der Waals surface area contributed by atoms with Crippen LogP contribution in [0.25, 0.3) is 0 Å². The lowest BCUT2D eigenvalue weighted by Crippen LogP contribution is -2.28. The van der Waals surface area contributed by atoms with E-state index in [0.717, 1.165) is 6.07 Å². The first-order chi connectivity index (χ1) is 7.45. The molecule has 1 atom stereocenters. The average molecular weight is 294 g/mol. The van der Waals surface area contributed by atoms with Crippen LogP contribution in [0.4, 0.5) is 14.5 Å². The number of carbonyl (C=O) groups is 1. The molecule has 1 unspecified atom stereocenters. The zero-order valence-electron chi connectivity index (χ0n) is 8.43. The van der Waals surface area contributed by atoms with E-state index in [1.54, 1.807) is 6.92 Å². The van der Waals surface area contributed by atoms with Crippen LogP contribution < -0.4 is 5.32 Å².